The number of nitro benzene ring substituents is 1. The number of aliphatic hydroxyl groups is 2. The van der Waals surface area contributed by atoms with E-state index in [2.05, 4.69) is 5.32 Å². The summed E-state index contributed by atoms with van der Waals surface area (Å²) in [6, 6.07) is 2.68. The Labute approximate surface area is 138 Å². The molecule has 0 heterocycles. The van der Waals surface area contributed by atoms with Gasteiger partial charge in [0.1, 0.15) is 17.5 Å². The molecule has 0 saturated carbocycles. The van der Waals surface area contributed by atoms with Crippen molar-refractivity contribution in [1.29, 1.82) is 0 Å². The molecule has 1 aromatic rings. The van der Waals surface area contributed by atoms with Gasteiger partial charge in [0.25, 0.3) is 5.69 Å². The molecule has 0 radical (unpaired) electrons. The van der Waals surface area contributed by atoms with Crippen molar-refractivity contribution in [3.8, 4) is 0 Å². The highest BCUT2D eigenvalue weighted by Gasteiger charge is 2.24. The molecular formula is C15H21FN2O6. The van der Waals surface area contributed by atoms with Gasteiger partial charge in [-0.05, 0) is 33.3 Å². The van der Waals surface area contributed by atoms with Crippen LogP contribution in [0.15, 0.2) is 18.2 Å². The topological polar surface area (TPSA) is 122 Å². The highest BCUT2D eigenvalue weighted by molar-refractivity contribution is 5.67. The molecule has 1 amide bonds. The lowest BCUT2D eigenvalue weighted by Gasteiger charge is -2.21. The summed E-state index contributed by atoms with van der Waals surface area (Å²) in [4.78, 5) is 21.4. The summed E-state index contributed by atoms with van der Waals surface area (Å²) in [5.74, 6) is -0.868. The van der Waals surface area contributed by atoms with Crippen molar-refractivity contribution in [3.05, 3.63) is 39.7 Å². The molecule has 0 spiro atoms. The third-order valence-corrected chi connectivity index (χ3v) is 2.98. The van der Waals surface area contributed by atoms with Gasteiger partial charge in [-0.3, -0.25) is 10.1 Å². The first kappa shape index (κ1) is 19.8. The summed E-state index contributed by atoms with van der Waals surface area (Å²) in [5, 5.41) is 32.9. The van der Waals surface area contributed by atoms with Crippen LogP contribution in [0.3, 0.4) is 0 Å². The average Bonchev–Trinajstić information content (AvgIpc) is 2.44. The largest absolute Gasteiger partial charge is 0.444 e. The molecule has 3 N–H and O–H groups in total. The van der Waals surface area contributed by atoms with Gasteiger partial charge in [-0.1, -0.05) is 0 Å². The second kappa shape index (κ2) is 8.02. The van der Waals surface area contributed by atoms with E-state index in [1.807, 2.05) is 0 Å². The van der Waals surface area contributed by atoms with Crippen LogP contribution >= 0.6 is 0 Å². The van der Waals surface area contributed by atoms with E-state index in [1.165, 1.54) is 0 Å². The Morgan fingerprint density at radius 3 is 2.58 bits per heavy atom. The van der Waals surface area contributed by atoms with Crippen molar-refractivity contribution in [1.82, 2.24) is 5.32 Å². The molecule has 2 unspecified atom stereocenters. The summed E-state index contributed by atoms with van der Waals surface area (Å²) >= 11 is 0. The molecule has 1 aromatic carbocycles. The van der Waals surface area contributed by atoms with Crippen LogP contribution in [0.1, 0.15) is 38.9 Å². The molecule has 0 saturated heterocycles. The van der Waals surface area contributed by atoms with Crippen LogP contribution in [-0.2, 0) is 4.74 Å². The molecule has 24 heavy (non-hydrogen) atoms. The average molecular weight is 344 g/mol. The Kier molecular flexibility index (Phi) is 6.61. The maximum absolute atomic E-state index is 13.7. The van der Waals surface area contributed by atoms with E-state index in [9.17, 15) is 29.5 Å². The number of hydrogen-bond acceptors (Lipinski definition) is 6. The van der Waals surface area contributed by atoms with Crippen molar-refractivity contribution in [2.75, 3.05) is 6.54 Å². The van der Waals surface area contributed by atoms with Crippen LogP contribution in [0.5, 0.6) is 0 Å². The van der Waals surface area contributed by atoms with E-state index in [4.69, 9.17) is 4.74 Å². The standard InChI is InChI=1S/C15H21FN2O6/c1-15(2,3)24-14(21)17-7-6-12(19)13(20)10-8-9(18(22)23)4-5-11(10)16/h4-5,8,12-13,19-20H,6-7H2,1-3H3,(H,17,21). The van der Waals surface area contributed by atoms with Crippen LogP contribution in [0.2, 0.25) is 0 Å². The fourth-order valence-electron chi connectivity index (χ4n) is 1.87. The molecule has 8 nitrogen and oxygen atoms in total. The molecule has 0 fully saturated rings. The van der Waals surface area contributed by atoms with Gasteiger partial charge in [-0.25, -0.2) is 9.18 Å². The second-order valence-corrected chi connectivity index (χ2v) is 6.19. The zero-order valence-electron chi connectivity index (χ0n) is 13.7. The van der Waals surface area contributed by atoms with Crippen LogP contribution in [0.4, 0.5) is 14.9 Å². The number of alkyl carbamates (subject to hydrolysis) is 1. The quantitative estimate of drug-likeness (QED) is 0.536. The van der Waals surface area contributed by atoms with Crippen LogP contribution in [0.25, 0.3) is 0 Å². The fraction of sp³-hybridized carbons (Fsp3) is 0.533. The lowest BCUT2D eigenvalue weighted by atomic mass is 10.0. The normalized spacial score (nSPS) is 13.9. The second-order valence-electron chi connectivity index (χ2n) is 6.19. The van der Waals surface area contributed by atoms with Gasteiger partial charge in [0.15, 0.2) is 0 Å². The van der Waals surface area contributed by atoms with Crippen molar-refractivity contribution in [2.45, 2.75) is 45.0 Å². The number of aliphatic hydroxyl groups excluding tert-OH is 2. The van der Waals surface area contributed by atoms with E-state index in [-0.39, 0.29) is 18.5 Å². The van der Waals surface area contributed by atoms with Gasteiger partial charge >= 0.3 is 6.09 Å². The van der Waals surface area contributed by atoms with Crippen molar-refractivity contribution >= 4 is 11.8 Å². The van der Waals surface area contributed by atoms with Crippen molar-refractivity contribution in [3.63, 3.8) is 0 Å². The number of amides is 1. The molecule has 0 aromatic heterocycles. The van der Waals surface area contributed by atoms with E-state index in [0.29, 0.717) is 0 Å². The number of halogens is 1. The zero-order valence-corrected chi connectivity index (χ0v) is 13.7. The molecule has 0 aliphatic heterocycles. The summed E-state index contributed by atoms with van der Waals surface area (Å²) in [7, 11) is 0. The molecule has 134 valence electrons. The Morgan fingerprint density at radius 1 is 1.42 bits per heavy atom. The van der Waals surface area contributed by atoms with Crippen molar-refractivity contribution in [2.24, 2.45) is 0 Å². The maximum Gasteiger partial charge on any atom is 0.407 e. The predicted octanol–water partition coefficient (Wildman–Crippen LogP) is 2.04. The van der Waals surface area contributed by atoms with Gasteiger partial charge < -0.3 is 20.3 Å². The van der Waals surface area contributed by atoms with Gasteiger partial charge in [0, 0.05) is 24.2 Å². The Hall–Kier alpha value is -2.26. The minimum absolute atomic E-state index is 0.0241. The third-order valence-electron chi connectivity index (χ3n) is 2.98. The zero-order chi connectivity index (χ0) is 18.5. The molecule has 1 rings (SSSR count). The van der Waals surface area contributed by atoms with Crippen LogP contribution < -0.4 is 5.32 Å². The smallest absolute Gasteiger partial charge is 0.407 e. The molecule has 0 bridgehead atoms. The molecule has 9 heteroatoms. The van der Waals surface area contributed by atoms with Gasteiger partial charge in [0.2, 0.25) is 0 Å². The van der Waals surface area contributed by atoms with Gasteiger partial charge in [-0.2, -0.15) is 0 Å². The number of nitrogens with zero attached hydrogens (tertiary/aromatic N) is 1. The third kappa shape index (κ3) is 6.09. The molecular weight excluding hydrogens is 323 g/mol. The van der Waals surface area contributed by atoms with E-state index < -0.39 is 40.3 Å². The van der Waals surface area contributed by atoms with E-state index >= 15 is 0 Å². The molecule has 0 aliphatic rings. The van der Waals surface area contributed by atoms with Crippen LogP contribution in [-0.4, -0.2) is 39.5 Å². The summed E-state index contributed by atoms with van der Waals surface area (Å²) < 4.78 is 18.7. The van der Waals surface area contributed by atoms with Crippen molar-refractivity contribution < 1.29 is 29.1 Å². The summed E-state index contributed by atoms with van der Waals surface area (Å²) in [6.07, 6.45) is -3.87. The predicted molar refractivity (Wildman–Crippen MR) is 82.9 cm³/mol. The number of nitro groups is 1. The first-order valence-electron chi connectivity index (χ1n) is 7.28. The Bertz CT molecular complexity index is 602. The number of non-ortho nitro benzene ring substituents is 1. The Morgan fingerprint density at radius 2 is 2.04 bits per heavy atom. The number of nitrogens with one attached hydrogen (secondary N) is 1. The SMILES string of the molecule is CC(C)(C)OC(=O)NCCC(O)C(O)c1cc([N+](=O)[O-])ccc1F. The Balaban J connectivity index is 2.62. The monoisotopic (exact) mass is 344 g/mol. The molecule has 2 atom stereocenters. The first-order valence-corrected chi connectivity index (χ1v) is 7.28. The number of hydrogen-bond donors (Lipinski definition) is 3. The van der Waals surface area contributed by atoms with Crippen LogP contribution in [0, 0.1) is 15.9 Å². The minimum Gasteiger partial charge on any atom is -0.444 e. The maximum atomic E-state index is 13.7. The summed E-state index contributed by atoms with van der Waals surface area (Å²) in [6.45, 7) is 5.05. The lowest BCUT2D eigenvalue weighted by Crippen LogP contribution is -2.34. The highest BCUT2D eigenvalue weighted by Crippen LogP contribution is 2.25. The first-order chi connectivity index (χ1) is 11.0. The van der Waals surface area contributed by atoms with Gasteiger partial charge in [-0.15, -0.1) is 0 Å². The summed E-state index contributed by atoms with van der Waals surface area (Å²) in [5.41, 5.74) is -1.45. The number of ether oxygens (including phenoxy) is 1. The minimum atomic E-state index is -1.66. The number of carbonyl (C=O) groups is 1. The van der Waals surface area contributed by atoms with E-state index in [1.54, 1.807) is 20.8 Å². The fourth-order valence-corrected chi connectivity index (χ4v) is 1.87. The van der Waals surface area contributed by atoms with Gasteiger partial charge in [0.05, 0.1) is 11.0 Å². The molecule has 0 aliphatic carbocycles. The number of benzene rings is 1. The highest BCUT2D eigenvalue weighted by atomic mass is 19.1. The number of carbonyl (C=O) groups excluding carboxylic acids is 1. The number of rotatable bonds is 6. The van der Waals surface area contributed by atoms with E-state index in [0.717, 1.165) is 18.2 Å². The lowest BCUT2D eigenvalue weighted by molar-refractivity contribution is -0.385.